The lowest BCUT2D eigenvalue weighted by Gasteiger charge is -2.11. The van der Waals surface area contributed by atoms with Crippen LogP contribution < -0.4 is 4.72 Å². The van der Waals surface area contributed by atoms with Gasteiger partial charge in [-0.25, -0.2) is 17.8 Å². The van der Waals surface area contributed by atoms with Crippen LogP contribution in [0.3, 0.4) is 0 Å². The molecule has 26 heavy (non-hydrogen) atoms. The third-order valence-electron chi connectivity index (χ3n) is 3.71. The first-order valence-corrected chi connectivity index (χ1v) is 9.70. The number of rotatable bonds is 3. The van der Waals surface area contributed by atoms with Crippen molar-refractivity contribution < 1.29 is 12.8 Å². The molecule has 0 aliphatic heterocycles. The van der Waals surface area contributed by atoms with Gasteiger partial charge in [-0.3, -0.25) is 14.7 Å². The SMILES string of the molecule is Cc1cn2cc(NS(=O)(=O)c3ccc(Br)c4nccnc34)cc(F)c2n1. The van der Waals surface area contributed by atoms with Crippen molar-refractivity contribution >= 4 is 48.3 Å². The molecule has 0 aliphatic carbocycles. The second kappa shape index (κ2) is 5.99. The number of anilines is 1. The van der Waals surface area contributed by atoms with Crippen LogP contribution in [0.4, 0.5) is 10.1 Å². The van der Waals surface area contributed by atoms with Crippen molar-refractivity contribution in [2.45, 2.75) is 11.8 Å². The Hall–Kier alpha value is -2.59. The lowest BCUT2D eigenvalue weighted by atomic mass is 10.3. The Morgan fingerprint density at radius 2 is 1.88 bits per heavy atom. The second-order valence-corrected chi connectivity index (χ2v) is 8.10. The monoisotopic (exact) mass is 435 g/mol. The maximum absolute atomic E-state index is 14.2. The molecule has 0 bridgehead atoms. The quantitative estimate of drug-likeness (QED) is 0.533. The third kappa shape index (κ3) is 2.80. The van der Waals surface area contributed by atoms with E-state index in [1.165, 1.54) is 29.1 Å². The number of hydrogen-bond acceptors (Lipinski definition) is 5. The van der Waals surface area contributed by atoms with E-state index in [0.29, 0.717) is 15.7 Å². The summed E-state index contributed by atoms with van der Waals surface area (Å²) in [6.07, 6.45) is 5.95. The van der Waals surface area contributed by atoms with Crippen molar-refractivity contribution in [3.63, 3.8) is 0 Å². The zero-order valence-electron chi connectivity index (χ0n) is 13.3. The van der Waals surface area contributed by atoms with Crippen LogP contribution >= 0.6 is 15.9 Å². The molecule has 132 valence electrons. The zero-order chi connectivity index (χ0) is 18.5. The third-order valence-corrected chi connectivity index (χ3v) is 5.76. The number of nitrogens with one attached hydrogen (secondary N) is 1. The van der Waals surface area contributed by atoms with Gasteiger partial charge in [0.1, 0.15) is 15.9 Å². The number of fused-ring (bicyclic) bond motifs is 2. The number of imidazole rings is 1. The fourth-order valence-corrected chi connectivity index (χ4v) is 4.27. The van der Waals surface area contributed by atoms with Gasteiger partial charge in [-0.1, -0.05) is 0 Å². The van der Waals surface area contributed by atoms with Crippen molar-refractivity contribution in [2.75, 3.05) is 4.72 Å². The highest BCUT2D eigenvalue weighted by molar-refractivity contribution is 9.10. The minimum atomic E-state index is -4.01. The zero-order valence-corrected chi connectivity index (χ0v) is 15.7. The molecule has 0 spiro atoms. The Balaban J connectivity index is 1.83. The maximum atomic E-state index is 14.2. The first kappa shape index (κ1) is 16.9. The van der Waals surface area contributed by atoms with E-state index in [1.54, 1.807) is 19.2 Å². The molecule has 1 aromatic carbocycles. The highest BCUT2D eigenvalue weighted by atomic mass is 79.9. The van der Waals surface area contributed by atoms with Crippen LogP contribution in [-0.4, -0.2) is 27.8 Å². The number of halogens is 2. The smallest absolute Gasteiger partial charge is 0.264 e. The van der Waals surface area contributed by atoms with Crippen molar-refractivity contribution in [1.29, 1.82) is 0 Å². The summed E-state index contributed by atoms with van der Waals surface area (Å²) in [6.45, 7) is 1.73. The largest absolute Gasteiger partial charge is 0.302 e. The average Bonchev–Trinajstić information content (AvgIpc) is 2.95. The molecule has 0 radical (unpaired) electrons. The van der Waals surface area contributed by atoms with Crippen molar-refractivity contribution in [3.05, 3.63) is 59.0 Å². The first-order chi connectivity index (χ1) is 12.3. The van der Waals surface area contributed by atoms with Crippen molar-refractivity contribution in [3.8, 4) is 0 Å². The minimum absolute atomic E-state index is 0.0499. The molecule has 7 nitrogen and oxygen atoms in total. The van der Waals surface area contributed by atoms with Crippen molar-refractivity contribution in [2.24, 2.45) is 0 Å². The van der Waals surface area contributed by atoms with Gasteiger partial charge in [0, 0.05) is 35.3 Å². The average molecular weight is 436 g/mol. The predicted octanol–water partition coefficient (Wildman–Crippen LogP) is 3.29. The number of hydrogen-bond donors (Lipinski definition) is 1. The number of aromatic nitrogens is 4. The second-order valence-electron chi connectivity index (χ2n) is 5.59. The number of aryl methyl sites for hydroxylation is 1. The summed E-state index contributed by atoms with van der Waals surface area (Å²) < 4.78 is 44.3. The van der Waals surface area contributed by atoms with Gasteiger partial charge in [0.05, 0.1) is 11.4 Å². The van der Waals surface area contributed by atoms with Crippen LogP contribution in [0, 0.1) is 12.7 Å². The van der Waals surface area contributed by atoms with Gasteiger partial charge < -0.3 is 4.40 Å². The van der Waals surface area contributed by atoms with Gasteiger partial charge in [0.2, 0.25) is 0 Å². The lowest BCUT2D eigenvalue weighted by Crippen LogP contribution is -2.14. The predicted molar refractivity (Wildman–Crippen MR) is 97.9 cm³/mol. The molecular formula is C16H11BrFN5O2S. The van der Waals surface area contributed by atoms with Gasteiger partial charge in [0.15, 0.2) is 11.5 Å². The Morgan fingerprint density at radius 1 is 1.15 bits per heavy atom. The van der Waals surface area contributed by atoms with E-state index in [-0.39, 0.29) is 21.7 Å². The fourth-order valence-electron chi connectivity index (χ4n) is 2.66. The molecule has 0 saturated carbocycles. The molecule has 10 heteroatoms. The molecule has 0 saturated heterocycles. The molecule has 0 atom stereocenters. The standard InChI is InChI=1S/C16H11BrFN5O2S/c1-9-7-23-8-10(6-12(18)16(23)21-9)22-26(24,25)13-3-2-11(17)14-15(13)20-5-4-19-14/h2-8,22H,1H3. The van der Waals surface area contributed by atoms with Gasteiger partial charge in [-0.05, 0) is 35.0 Å². The van der Waals surface area contributed by atoms with Gasteiger partial charge in [-0.15, -0.1) is 0 Å². The number of sulfonamides is 1. The molecule has 4 rings (SSSR count). The summed E-state index contributed by atoms with van der Waals surface area (Å²) in [5.74, 6) is -0.626. The van der Waals surface area contributed by atoms with Crippen molar-refractivity contribution in [1.82, 2.24) is 19.4 Å². The summed E-state index contributed by atoms with van der Waals surface area (Å²) in [6, 6.07) is 4.08. The topological polar surface area (TPSA) is 89.2 Å². The minimum Gasteiger partial charge on any atom is -0.302 e. The van der Waals surface area contributed by atoms with Crippen LogP contribution in [0.15, 0.2) is 52.4 Å². The van der Waals surface area contributed by atoms with E-state index < -0.39 is 15.8 Å². The van der Waals surface area contributed by atoms with E-state index in [9.17, 15) is 12.8 Å². The number of nitrogens with zero attached hydrogens (tertiary/aromatic N) is 4. The molecule has 0 amide bonds. The molecule has 4 aromatic rings. The van der Waals surface area contributed by atoms with Crippen LogP contribution in [0.5, 0.6) is 0 Å². The molecule has 0 unspecified atom stereocenters. The molecule has 0 aliphatic rings. The number of pyridine rings is 1. The normalized spacial score (nSPS) is 12.0. The summed E-state index contributed by atoms with van der Waals surface area (Å²) in [7, 11) is -4.01. The summed E-state index contributed by atoms with van der Waals surface area (Å²) >= 11 is 3.33. The van der Waals surface area contributed by atoms with Gasteiger partial charge >= 0.3 is 0 Å². The highest BCUT2D eigenvalue weighted by Crippen LogP contribution is 2.28. The van der Waals surface area contributed by atoms with Crippen LogP contribution in [-0.2, 0) is 10.0 Å². The molecule has 1 N–H and O–H groups in total. The lowest BCUT2D eigenvalue weighted by molar-refractivity contribution is 0.601. The van der Waals surface area contributed by atoms with Crippen LogP contribution in [0.2, 0.25) is 0 Å². The summed E-state index contributed by atoms with van der Waals surface area (Å²) in [5, 5.41) is 0. The molecule has 3 heterocycles. The first-order valence-electron chi connectivity index (χ1n) is 7.42. The summed E-state index contributed by atoms with van der Waals surface area (Å²) in [5.41, 5.74) is 1.47. The van der Waals surface area contributed by atoms with E-state index in [0.717, 1.165) is 6.07 Å². The Kier molecular flexibility index (Phi) is 3.88. The van der Waals surface area contributed by atoms with E-state index in [1.807, 2.05) is 0 Å². The Bertz CT molecular complexity index is 1270. The van der Waals surface area contributed by atoms with E-state index in [2.05, 4.69) is 35.6 Å². The van der Waals surface area contributed by atoms with Crippen LogP contribution in [0.25, 0.3) is 16.7 Å². The maximum Gasteiger partial charge on any atom is 0.264 e. The highest BCUT2D eigenvalue weighted by Gasteiger charge is 2.21. The number of benzene rings is 1. The Labute approximate surface area is 156 Å². The van der Waals surface area contributed by atoms with E-state index in [4.69, 9.17) is 0 Å². The molecule has 0 fully saturated rings. The Morgan fingerprint density at radius 3 is 2.65 bits per heavy atom. The van der Waals surface area contributed by atoms with Gasteiger partial charge in [-0.2, -0.15) is 0 Å². The molecule has 3 aromatic heterocycles. The van der Waals surface area contributed by atoms with Gasteiger partial charge in [0.25, 0.3) is 10.0 Å². The summed E-state index contributed by atoms with van der Waals surface area (Å²) in [4.78, 5) is 12.3. The fraction of sp³-hybridized carbons (Fsp3) is 0.0625. The molecular weight excluding hydrogens is 425 g/mol. The van der Waals surface area contributed by atoms with Crippen LogP contribution in [0.1, 0.15) is 5.69 Å². The van der Waals surface area contributed by atoms with E-state index >= 15 is 0 Å².